The largest absolute Gasteiger partial charge is 0.468 e. The molecular formula is C16H22F3N3O3. The van der Waals surface area contributed by atoms with Gasteiger partial charge in [-0.2, -0.15) is 13.2 Å². The molecule has 9 heteroatoms. The van der Waals surface area contributed by atoms with Crippen molar-refractivity contribution in [2.75, 3.05) is 24.6 Å². The van der Waals surface area contributed by atoms with Gasteiger partial charge in [-0.3, -0.25) is 0 Å². The number of nitrogens with one attached hydrogen (secondary N) is 1. The minimum absolute atomic E-state index is 0.0848. The van der Waals surface area contributed by atoms with E-state index >= 15 is 0 Å². The van der Waals surface area contributed by atoms with Crippen LogP contribution in [0.25, 0.3) is 0 Å². The Labute approximate surface area is 144 Å². The molecule has 6 nitrogen and oxygen atoms in total. The summed E-state index contributed by atoms with van der Waals surface area (Å²) in [5, 5.41) is 2.80. The molecule has 0 radical (unpaired) electrons. The number of carbonyl (C=O) groups excluding carboxylic acids is 1. The Morgan fingerprint density at radius 1 is 1.40 bits per heavy atom. The minimum Gasteiger partial charge on any atom is -0.468 e. The van der Waals surface area contributed by atoms with Gasteiger partial charge in [-0.15, -0.1) is 0 Å². The molecule has 140 valence electrons. The summed E-state index contributed by atoms with van der Waals surface area (Å²) in [5.41, 5.74) is 0.124. The van der Waals surface area contributed by atoms with Gasteiger partial charge in [-0.25, -0.2) is 9.78 Å². The standard InChI is InChI=1S/C16H22F3N3O3/c1-15(2,3)25-14(23)21-11-5-7-22(9-11)12-4-6-20-13(8-12)24-10-16(17,18)19/h4,6,8,11H,5,7,9-10H2,1-3H3,(H,21,23)/t11-/m1/s1. The van der Waals surface area contributed by atoms with Gasteiger partial charge in [0.05, 0.1) is 6.04 Å². The summed E-state index contributed by atoms with van der Waals surface area (Å²) in [7, 11) is 0. The number of hydrogen-bond donors (Lipinski definition) is 1. The van der Waals surface area contributed by atoms with Gasteiger partial charge in [-0.1, -0.05) is 0 Å². The van der Waals surface area contributed by atoms with Gasteiger partial charge in [0.15, 0.2) is 6.61 Å². The fourth-order valence-electron chi connectivity index (χ4n) is 2.42. The van der Waals surface area contributed by atoms with Crippen LogP contribution in [0.3, 0.4) is 0 Å². The Morgan fingerprint density at radius 3 is 2.76 bits per heavy atom. The molecule has 25 heavy (non-hydrogen) atoms. The highest BCUT2D eigenvalue weighted by Gasteiger charge is 2.29. The van der Waals surface area contributed by atoms with Gasteiger partial charge < -0.3 is 19.7 Å². The summed E-state index contributed by atoms with van der Waals surface area (Å²) in [4.78, 5) is 17.5. The van der Waals surface area contributed by atoms with E-state index in [4.69, 9.17) is 4.74 Å². The second kappa shape index (κ2) is 7.37. The third-order valence-corrected chi connectivity index (χ3v) is 3.38. The summed E-state index contributed by atoms with van der Waals surface area (Å²) in [6.07, 6.45) is -2.78. The van der Waals surface area contributed by atoms with Crippen molar-refractivity contribution >= 4 is 11.8 Å². The van der Waals surface area contributed by atoms with Gasteiger partial charge in [0.2, 0.25) is 5.88 Å². The normalized spacial score (nSPS) is 18.2. The van der Waals surface area contributed by atoms with Crippen LogP contribution in [0.1, 0.15) is 27.2 Å². The first-order chi connectivity index (χ1) is 11.5. The highest BCUT2D eigenvalue weighted by atomic mass is 19.4. The molecule has 1 aromatic rings. The summed E-state index contributed by atoms with van der Waals surface area (Å²) in [6, 6.07) is 3.06. The summed E-state index contributed by atoms with van der Waals surface area (Å²) < 4.78 is 46.5. The molecule has 0 aromatic carbocycles. The van der Waals surface area contributed by atoms with Crippen LogP contribution in [-0.4, -0.2) is 48.6 Å². The van der Waals surface area contributed by atoms with E-state index in [0.29, 0.717) is 25.2 Å². The predicted molar refractivity (Wildman–Crippen MR) is 85.8 cm³/mol. The van der Waals surface area contributed by atoms with E-state index in [1.165, 1.54) is 12.3 Å². The lowest BCUT2D eigenvalue weighted by Crippen LogP contribution is -2.40. The van der Waals surface area contributed by atoms with E-state index in [2.05, 4.69) is 15.0 Å². The molecular weight excluding hydrogens is 339 g/mol. The van der Waals surface area contributed by atoms with Crippen molar-refractivity contribution in [1.82, 2.24) is 10.3 Å². The average Bonchev–Trinajstić information content (AvgIpc) is 2.91. The number of halogens is 3. The number of ether oxygens (including phenoxy) is 2. The van der Waals surface area contributed by atoms with E-state index in [1.807, 2.05) is 4.90 Å². The van der Waals surface area contributed by atoms with E-state index < -0.39 is 24.5 Å². The molecule has 1 atom stereocenters. The molecule has 1 saturated heterocycles. The number of nitrogens with zero attached hydrogens (tertiary/aromatic N) is 2. The Kier molecular flexibility index (Phi) is 5.64. The number of alkyl carbamates (subject to hydrolysis) is 1. The van der Waals surface area contributed by atoms with Crippen LogP contribution in [0.5, 0.6) is 5.88 Å². The fraction of sp³-hybridized carbons (Fsp3) is 0.625. The maximum atomic E-state index is 12.2. The van der Waals surface area contributed by atoms with Crippen LogP contribution in [0, 0.1) is 0 Å². The van der Waals surface area contributed by atoms with Gasteiger partial charge in [-0.05, 0) is 33.3 Å². The average molecular weight is 361 g/mol. The molecule has 1 aliphatic rings. The van der Waals surface area contributed by atoms with Crippen LogP contribution < -0.4 is 15.0 Å². The summed E-state index contributed by atoms with van der Waals surface area (Å²) in [6.45, 7) is 5.16. The van der Waals surface area contributed by atoms with E-state index in [-0.39, 0.29) is 11.9 Å². The van der Waals surface area contributed by atoms with Crippen molar-refractivity contribution in [1.29, 1.82) is 0 Å². The lowest BCUT2D eigenvalue weighted by Gasteiger charge is -2.22. The van der Waals surface area contributed by atoms with Crippen LogP contribution in [0.4, 0.5) is 23.7 Å². The molecule has 2 heterocycles. The van der Waals surface area contributed by atoms with Crippen molar-refractivity contribution < 1.29 is 27.4 Å². The SMILES string of the molecule is CC(C)(C)OC(=O)N[C@@H]1CCN(c2ccnc(OCC(F)(F)F)c2)C1. The molecule has 1 aromatic heterocycles. The molecule has 0 unspecified atom stereocenters. The maximum Gasteiger partial charge on any atom is 0.422 e. The van der Waals surface area contributed by atoms with Crippen molar-refractivity contribution in [3.63, 3.8) is 0 Å². The van der Waals surface area contributed by atoms with E-state index in [9.17, 15) is 18.0 Å². The molecule has 2 rings (SSSR count). The number of anilines is 1. The molecule has 0 bridgehead atoms. The highest BCUT2D eigenvalue weighted by Crippen LogP contribution is 2.24. The first-order valence-corrected chi connectivity index (χ1v) is 7.92. The molecule has 1 amide bonds. The molecule has 0 saturated carbocycles. The van der Waals surface area contributed by atoms with Gasteiger partial charge in [0.25, 0.3) is 0 Å². The number of pyridine rings is 1. The number of alkyl halides is 3. The third-order valence-electron chi connectivity index (χ3n) is 3.38. The lowest BCUT2D eigenvalue weighted by molar-refractivity contribution is -0.154. The number of carbonyl (C=O) groups is 1. The fourth-order valence-corrected chi connectivity index (χ4v) is 2.42. The smallest absolute Gasteiger partial charge is 0.422 e. The van der Waals surface area contributed by atoms with Crippen LogP contribution >= 0.6 is 0 Å². The first kappa shape index (κ1) is 19.1. The highest BCUT2D eigenvalue weighted by molar-refractivity contribution is 5.68. The number of aromatic nitrogens is 1. The molecule has 0 spiro atoms. The lowest BCUT2D eigenvalue weighted by atomic mass is 10.2. The minimum atomic E-state index is -4.41. The monoisotopic (exact) mass is 361 g/mol. The maximum absolute atomic E-state index is 12.2. The number of rotatable bonds is 4. The topological polar surface area (TPSA) is 63.7 Å². The Hall–Kier alpha value is -2.19. The summed E-state index contributed by atoms with van der Waals surface area (Å²) >= 11 is 0. The quantitative estimate of drug-likeness (QED) is 0.893. The number of amides is 1. The van der Waals surface area contributed by atoms with Gasteiger partial charge >= 0.3 is 12.3 Å². The zero-order chi connectivity index (χ0) is 18.7. The van der Waals surface area contributed by atoms with Gasteiger partial charge in [0.1, 0.15) is 5.60 Å². The molecule has 0 aliphatic carbocycles. The van der Waals surface area contributed by atoms with Crippen molar-refractivity contribution in [3.8, 4) is 5.88 Å². The Balaban J connectivity index is 1.90. The predicted octanol–water partition coefficient (Wildman–Crippen LogP) is 3.13. The Morgan fingerprint density at radius 2 is 2.12 bits per heavy atom. The van der Waals surface area contributed by atoms with E-state index in [1.54, 1.807) is 26.8 Å². The second-order valence-corrected chi connectivity index (χ2v) is 6.83. The van der Waals surface area contributed by atoms with Crippen LogP contribution in [-0.2, 0) is 4.74 Å². The molecule has 1 aliphatic heterocycles. The van der Waals surface area contributed by atoms with Crippen molar-refractivity contribution in [3.05, 3.63) is 18.3 Å². The first-order valence-electron chi connectivity index (χ1n) is 7.92. The zero-order valence-corrected chi connectivity index (χ0v) is 14.4. The van der Waals surface area contributed by atoms with Crippen molar-refractivity contribution in [2.24, 2.45) is 0 Å². The van der Waals surface area contributed by atoms with Crippen molar-refractivity contribution in [2.45, 2.75) is 45.0 Å². The zero-order valence-electron chi connectivity index (χ0n) is 14.4. The molecule has 1 fully saturated rings. The van der Waals surface area contributed by atoms with Crippen LogP contribution in [0.15, 0.2) is 18.3 Å². The van der Waals surface area contributed by atoms with Crippen LogP contribution in [0.2, 0.25) is 0 Å². The third kappa shape index (κ3) is 6.67. The number of hydrogen-bond acceptors (Lipinski definition) is 5. The summed E-state index contributed by atoms with van der Waals surface area (Å²) in [5.74, 6) is -0.0848. The van der Waals surface area contributed by atoms with Gasteiger partial charge in [0, 0.05) is 31.0 Å². The molecule has 1 N–H and O–H groups in total. The Bertz CT molecular complexity index is 602. The second-order valence-electron chi connectivity index (χ2n) is 6.83. The van der Waals surface area contributed by atoms with E-state index in [0.717, 1.165) is 0 Å².